The predicted octanol–water partition coefficient (Wildman–Crippen LogP) is 1.70. The minimum Gasteiger partial charge on any atom is -0.391 e. The molecule has 6 nitrogen and oxygen atoms in total. The van der Waals surface area contributed by atoms with Gasteiger partial charge in [0.2, 0.25) is 10.0 Å². The minimum absolute atomic E-state index is 0.538. The van der Waals surface area contributed by atoms with Gasteiger partial charge in [-0.15, -0.1) is 0 Å². The van der Waals surface area contributed by atoms with Gasteiger partial charge in [0.15, 0.2) is 5.11 Å². The molecular formula is C16H24N4O2S2. The first-order valence-corrected chi connectivity index (χ1v) is 9.72. The number of hydrogen-bond acceptors (Lipinski definition) is 4. The Bertz CT molecular complexity index is 683. The van der Waals surface area contributed by atoms with Crippen LogP contribution in [0.4, 0.5) is 5.69 Å². The fourth-order valence-electron chi connectivity index (χ4n) is 1.89. The van der Waals surface area contributed by atoms with E-state index >= 15 is 0 Å². The lowest BCUT2D eigenvalue weighted by Gasteiger charge is -2.12. The molecule has 0 unspecified atom stereocenters. The summed E-state index contributed by atoms with van der Waals surface area (Å²) in [6.45, 7) is 4.94. The van der Waals surface area contributed by atoms with Gasteiger partial charge >= 0.3 is 0 Å². The maximum absolute atomic E-state index is 11.1. The summed E-state index contributed by atoms with van der Waals surface area (Å²) in [7, 11) is -1.38. The van der Waals surface area contributed by atoms with Gasteiger partial charge in [0.05, 0.1) is 6.26 Å². The zero-order valence-corrected chi connectivity index (χ0v) is 15.6. The van der Waals surface area contributed by atoms with Gasteiger partial charge < -0.3 is 16.0 Å². The summed E-state index contributed by atoms with van der Waals surface area (Å²) in [5, 5.41) is 9.91. The number of benzene rings is 1. The normalized spacial score (nSPS) is 11.5. The molecular weight excluding hydrogens is 344 g/mol. The topological polar surface area (TPSA) is 82.3 Å². The van der Waals surface area contributed by atoms with Gasteiger partial charge in [-0.2, -0.15) is 0 Å². The van der Waals surface area contributed by atoms with E-state index in [-0.39, 0.29) is 0 Å². The molecule has 1 aromatic carbocycles. The lowest BCUT2D eigenvalue weighted by atomic mass is 10.2. The van der Waals surface area contributed by atoms with Gasteiger partial charge in [-0.25, -0.2) is 8.42 Å². The van der Waals surface area contributed by atoms with E-state index in [1.54, 1.807) is 18.2 Å². The van der Waals surface area contributed by atoms with Crippen molar-refractivity contribution >= 4 is 33.0 Å². The van der Waals surface area contributed by atoms with Crippen LogP contribution in [0.15, 0.2) is 48.7 Å². The molecule has 0 aliphatic rings. The zero-order valence-electron chi connectivity index (χ0n) is 13.9. The molecule has 0 saturated heterocycles. The Kier molecular flexibility index (Phi) is 8.28. The monoisotopic (exact) mass is 368 g/mol. The first-order valence-electron chi connectivity index (χ1n) is 7.42. The summed E-state index contributed by atoms with van der Waals surface area (Å²) < 4.78 is 24.7. The van der Waals surface area contributed by atoms with Crippen molar-refractivity contribution in [2.24, 2.45) is 0 Å². The van der Waals surface area contributed by atoms with Crippen molar-refractivity contribution in [3.8, 4) is 0 Å². The van der Waals surface area contributed by atoms with E-state index in [1.165, 1.54) is 0 Å². The number of sulfonamides is 1. The van der Waals surface area contributed by atoms with Gasteiger partial charge in [-0.3, -0.25) is 4.72 Å². The number of thiocarbonyl (C=S) groups is 1. The van der Waals surface area contributed by atoms with Crippen molar-refractivity contribution in [2.45, 2.75) is 13.0 Å². The van der Waals surface area contributed by atoms with E-state index in [0.29, 0.717) is 23.9 Å². The predicted molar refractivity (Wildman–Crippen MR) is 104 cm³/mol. The SMILES string of the molecule is C=C/C=C(/CCNC(=S)NCc1ccc(NS(C)(=O)=O)cc1)NC. The average molecular weight is 369 g/mol. The first-order chi connectivity index (χ1) is 11.3. The second kappa shape index (κ2) is 9.94. The van der Waals surface area contributed by atoms with E-state index in [9.17, 15) is 8.42 Å². The van der Waals surface area contributed by atoms with Crippen LogP contribution in [0, 0.1) is 0 Å². The van der Waals surface area contributed by atoms with E-state index < -0.39 is 10.0 Å². The Balaban J connectivity index is 2.36. The molecule has 4 N–H and O–H groups in total. The van der Waals surface area contributed by atoms with Crippen LogP contribution in [0.2, 0.25) is 0 Å². The molecule has 0 aliphatic carbocycles. The van der Waals surface area contributed by atoms with Gasteiger partial charge in [0.25, 0.3) is 0 Å². The maximum atomic E-state index is 11.1. The Labute approximate surface area is 149 Å². The second-order valence-electron chi connectivity index (χ2n) is 5.11. The molecule has 1 aromatic rings. The molecule has 0 radical (unpaired) electrons. The minimum atomic E-state index is -3.25. The first kappa shape index (κ1) is 20.0. The summed E-state index contributed by atoms with van der Waals surface area (Å²) in [5.74, 6) is 0. The average Bonchev–Trinajstić information content (AvgIpc) is 2.52. The molecule has 24 heavy (non-hydrogen) atoms. The second-order valence-corrected chi connectivity index (χ2v) is 7.26. The van der Waals surface area contributed by atoms with E-state index in [2.05, 4.69) is 27.3 Å². The number of rotatable bonds is 9. The largest absolute Gasteiger partial charge is 0.391 e. The van der Waals surface area contributed by atoms with Crippen LogP contribution in [-0.4, -0.2) is 33.4 Å². The molecule has 0 fully saturated rings. The molecule has 0 heterocycles. The molecule has 132 valence electrons. The molecule has 0 aromatic heterocycles. The highest BCUT2D eigenvalue weighted by molar-refractivity contribution is 7.92. The van der Waals surface area contributed by atoms with Crippen molar-refractivity contribution in [1.29, 1.82) is 0 Å². The summed E-state index contributed by atoms with van der Waals surface area (Å²) in [6.07, 6.45) is 5.60. The lowest BCUT2D eigenvalue weighted by molar-refractivity contribution is 0.607. The fraction of sp³-hybridized carbons (Fsp3) is 0.312. The standard InChI is InChI=1S/C16H24N4O2S2/c1-4-5-14(17-2)10-11-18-16(23)19-12-13-6-8-15(9-7-13)20-24(3,21)22/h4-9,17,20H,1,10-12H2,2-3H3,(H2,18,19,23)/b14-5-. The van der Waals surface area contributed by atoms with Crippen molar-refractivity contribution in [2.75, 3.05) is 24.6 Å². The van der Waals surface area contributed by atoms with E-state index in [1.807, 2.05) is 25.3 Å². The highest BCUT2D eigenvalue weighted by Gasteiger charge is 2.02. The Morgan fingerprint density at radius 3 is 2.46 bits per heavy atom. The molecule has 0 bridgehead atoms. The number of anilines is 1. The molecule has 0 amide bonds. The summed E-state index contributed by atoms with van der Waals surface area (Å²) >= 11 is 5.23. The van der Waals surface area contributed by atoms with Gasteiger partial charge in [-0.1, -0.05) is 24.8 Å². The van der Waals surface area contributed by atoms with Crippen molar-refractivity contribution in [3.05, 3.63) is 54.3 Å². The maximum Gasteiger partial charge on any atom is 0.229 e. The van der Waals surface area contributed by atoms with Crippen LogP contribution in [0.5, 0.6) is 0 Å². The fourth-order valence-corrected chi connectivity index (χ4v) is 2.63. The number of allylic oxidation sites excluding steroid dienone is 2. The molecule has 0 atom stereocenters. The van der Waals surface area contributed by atoms with Crippen LogP contribution < -0.4 is 20.7 Å². The van der Waals surface area contributed by atoms with Crippen LogP contribution in [0.1, 0.15) is 12.0 Å². The van der Waals surface area contributed by atoms with Crippen molar-refractivity contribution < 1.29 is 8.42 Å². The van der Waals surface area contributed by atoms with Gasteiger partial charge in [0.1, 0.15) is 0 Å². The lowest BCUT2D eigenvalue weighted by Crippen LogP contribution is -2.35. The third kappa shape index (κ3) is 8.54. The summed E-state index contributed by atoms with van der Waals surface area (Å²) in [4.78, 5) is 0. The van der Waals surface area contributed by atoms with E-state index in [4.69, 9.17) is 12.2 Å². The highest BCUT2D eigenvalue weighted by Crippen LogP contribution is 2.10. The van der Waals surface area contributed by atoms with Crippen LogP contribution in [0.25, 0.3) is 0 Å². The van der Waals surface area contributed by atoms with Gasteiger partial charge in [-0.05, 0) is 36.0 Å². The van der Waals surface area contributed by atoms with Crippen molar-refractivity contribution in [3.63, 3.8) is 0 Å². The third-order valence-electron chi connectivity index (χ3n) is 3.03. The molecule has 0 spiro atoms. The number of hydrogen-bond donors (Lipinski definition) is 4. The molecule has 0 aliphatic heterocycles. The summed E-state index contributed by atoms with van der Waals surface area (Å²) in [5.41, 5.74) is 2.62. The van der Waals surface area contributed by atoms with Crippen LogP contribution in [-0.2, 0) is 16.6 Å². The quantitative estimate of drug-likeness (QED) is 0.392. The van der Waals surface area contributed by atoms with E-state index in [0.717, 1.165) is 23.9 Å². The Morgan fingerprint density at radius 2 is 1.92 bits per heavy atom. The zero-order chi connectivity index (χ0) is 18.0. The smallest absolute Gasteiger partial charge is 0.229 e. The molecule has 0 saturated carbocycles. The summed E-state index contributed by atoms with van der Waals surface area (Å²) in [6, 6.07) is 7.12. The molecule has 1 rings (SSSR count). The molecule has 8 heteroatoms. The number of nitrogens with one attached hydrogen (secondary N) is 4. The Hall–Kier alpha value is -2.06. The van der Waals surface area contributed by atoms with Gasteiger partial charge in [0, 0.05) is 37.9 Å². The Morgan fingerprint density at radius 1 is 1.25 bits per heavy atom. The van der Waals surface area contributed by atoms with Crippen molar-refractivity contribution in [1.82, 2.24) is 16.0 Å². The van der Waals surface area contributed by atoms with Crippen LogP contribution >= 0.6 is 12.2 Å². The third-order valence-corrected chi connectivity index (χ3v) is 3.93. The highest BCUT2D eigenvalue weighted by atomic mass is 32.2. The van der Waals surface area contributed by atoms with Crippen LogP contribution in [0.3, 0.4) is 0 Å².